The average molecular weight is 361 g/mol. The summed E-state index contributed by atoms with van der Waals surface area (Å²) >= 11 is 0. The number of amides is 1. The van der Waals surface area contributed by atoms with Gasteiger partial charge < -0.3 is 4.90 Å². The zero-order valence-electron chi connectivity index (χ0n) is 15.5. The molecule has 0 saturated carbocycles. The van der Waals surface area contributed by atoms with Crippen molar-refractivity contribution < 1.29 is 4.79 Å². The Labute approximate surface area is 158 Å². The van der Waals surface area contributed by atoms with Crippen molar-refractivity contribution in [3.8, 4) is 11.3 Å². The predicted octanol–water partition coefficient (Wildman–Crippen LogP) is 2.54. The second-order valence-corrected chi connectivity index (χ2v) is 7.44. The van der Waals surface area contributed by atoms with E-state index in [1.54, 1.807) is 0 Å². The summed E-state index contributed by atoms with van der Waals surface area (Å²) in [5.74, 6) is 0.0661. The molecule has 1 amide bonds. The van der Waals surface area contributed by atoms with Crippen LogP contribution in [0.1, 0.15) is 39.4 Å². The second kappa shape index (κ2) is 6.37. The molecule has 3 heterocycles. The number of hydrogen-bond donors (Lipinski definition) is 1. The molecule has 6 heteroatoms. The molecule has 138 valence electrons. The van der Waals surface area contributed by atoms with Crippen LogP contribution in [-0.4, -0.2) is 43.9 Å². The van der Waals surface area contributed by atoms with Gasteiger partial charge in [-0.25, -0.2) is 0 Å². The Morgan fingerprint density at radius 3 is 2.70 bits per heavy atom. The predicted molar refractivity (Wildman–Crippen MR) is 103 cm³/mol. The van der Waals surface area contributed by atoms with Crippen LogP contribution in [0, 0.1) is 0 Å². The monoisotopic (exact) mass is 361 g/mol. The van der Waals surface area contributed by atoms with Crippen LogP contribution in [0.15, 0.2) is 30.3 Å². The van der Waals surface area contributed by atoms with E-state index in [0.29, 0.717) is 18.8 Å². The first-order valence-corrected chi connectivity index (χ1v) is 9.68. The number of aryl methyl sites for hydroxylation is 2. The zero-order valence-corrected chi connectivity index (χ0v) is 15.5. The molecule has 1 aromatic carbocycles. The molecule has 27 heavy (non-hydrogen) atoms. The van der Waals surface area contributed by atoms with Gasteiger partial charge in [-0.2, -0.15) is 10.2 Å². The number of fused-ring (bicyclic) bond motifs is 2. The molecule has 0 fully saturated rings. The second-order valence-electron chi connectivity index (χ2n) is 7.44. The minimum atomic E-state index is 0.0661. The Morgan fingerprint density at radius 2 is 1.85 bits per heavy atom. The van der Waals surface area contributed by atoms with E-state index in [0.717, 1.165) is 54.6 Å². The summed E-state index contributed by atoms with van der Waals surface area (Å²) in [5, 5.41) is 12.2. The van der Waals surface area contributed by atoms with Crippen molar-refractivity contribution in [2.24, 2.45) is 7.05 Å². The maximum Gasteiger partial charge on any atom is 0.274 e. The molecule has 1 N–H and O–H groups in total. The van der Waals surface area contributed by atoms with E-state index in [9.17, 15) is 4.79 Å². The molecule has 2 aromatic heterocycles. The number of carbonyl (C=O) groups excluding carboxylic acids is 1. The van der Waals surface area contributed by atoms with Gasteiger partial charge in [0.1, 0.15) is 0 Å². The van der Waals surface area contributed by atoms with Crippen LogP contribution in [-0.2, 0) is 32.7 Å². The fourth-order valence-corrected chi connectivity index (χ4v) is 4.45. The lowest BCUT2D eigenvalue weighted by Gasteiger charge is -2.19. The zero-order chi connectivity index (χ0) is 18.4. The number of H-pyrrole nitrogens is 1. The van der Waals surface area contributed by atoms with E-state index in [-0.39, 0.29) is 5.91 Å². The van der Waals surface area contributed by atoms with Crippen LogP contribution in [0.4, 0.5) is 0 Å². The first kappa shape index (κ1) is 16.3. The topological polar surface area (TPSA) is 66.8 Å². The fraction of sp³-hybridized carbons (Fsp3) is 0.381. The summed E-state index contributed by atoms with van der Waals surface area (Å²) in [5.41, 5.74) is 7.60. The SMILES string of the molecule is Cn1nc(-c2ccccc2)c2c1CCN(C(=O)c1n[nH]c3c1CCC3)CC2. The first-order valence-electron chi connectivity index (χ1n) is 9.68. The van der Waals surface area contributed by atoms with E-state index >= 15 is 0 Å². The Balaban J connectivity index is 1.42. The van der Waals surface area contributed by atoms with Gasteiger partial charge in [-0.15, -0.1) is 0 Å². The number of rotatable bonds is 2. The standard InChI is InChI=1S/C21H23N5O/c1-25-18-11-13-26(21(27)20-15-8-5-9-17(15)22-23-20)12-10-16(18)19(24-25)14-6-3-2-4-7-14/h2-4,6-7H,5,8-13H2,1H3,(H,22,23). The maximum absolute atomic E-state index is 13.1. The van der Waals surface area contributed by atoms with Crippen molar-refractivity contribution in [1.29, 1.82) is 0 Å². The third-order valence-electron chi connectivity index (χ3n) is 5.87. The highest BCUT2D eigenvalue weighted by atomic mass is 16.2. The molecule has 0 atom stereocenters. The van der Waals surface area contributed by atoms with Crippen molar-refractivity contribution in [3.63, 3.8) is 0 Å². The molecule has 0 saturated heterocycles. The lowest BCUT2D eigenvalue weighted by Crippen LogP contribution is -2.34. The Bertz CT molecular complexity index is 1000. The number of aromatic nitrogens is 4. The Kier molecular flexibility index (Phi) is 3.85. The van der Waals surface area contributed by atoms with E-state index in [4.69, 9.17) is 5.10 Å². The number of hydrogen-bond acceptors (Lipinski definition) is 3. The highest BCUT2D eigenvalue weighted by molar-refractivity contribution is 5.94. The quantitative estimate of drug-likeness (QED) is 0.763. The minimum absolute atomic E-state index is 0.0661. The van der Waals surface area contributed by atoms with E-state index in [2.05, 4.69) is 22.3 Å². The normalized spacial score (nSPS) is 16.1. The first-order chi connectivity index (χ1) is 13.2. The number of nitrogens with zero attached hydrogens (tertiary/aromatic N) is 4. The molecule has 6 nitrogen and oxygen atoms in total. The molecule has 0 unspecified atom stereocenters. The van der Waals surface area contributed by atoms with Gasteiger partial charge in [0, 0.05) is 54.6 Å². The third-order valence-corrected chi connectivity index (χ3v) is 5.87. The Morgan fingerprint density at radius 1 is 1.04 bits per heavy atom. The Hall–Kier alpha value is -2.89. The highest BCUT2D eigenvalue weighted by Gasteiger charge is 2.29. The van der Waals surface area contributed by atoms with Gasteiger partial charge in [0.05, 0.1) is 5.69 Å². The van der Waals surface area contributed by atoms with Gasteiger partial charge >= 0.3 is 0 Å². The van der Waals surface area contributed by atoms with E-state index in [1.165, 1.54) is 11.3 Å². The minimum Gasteiger partial charge on any atom is -0.337 e. The number of carbonyl (C=O) groups is 1. The van der Waals surface area contributed by atoms with Crippen LogP contribution >= 0.6 is 0 Å². The molecule has 1 aliphatic carbocycles. The van der Waals surface area contributed by atoms with Crippen LogP contribution in [0.2, 0.25) is 0 Å². The molecule has 1 aliphatic heterocycles. The summed E-state index contributed by atoms with van der Waals surface area (Å²) in [6.45, 7) is 1.42. The number of aromatic amines is 1. The fourth-order valence-electron chi connectivity index (χ4n) is 4.45. The van der Waals surface area contributed by atoms with Gasteiger partial charge in [0.25, 0.3) is 5.91 Å². The average Bonchev–Trinajstić information content (AvgIpc) is 3.33. The van der Waals surface area contributed by atoms with Crippen molar-refractivity contribution in [1.82, 2.24) is 24.9 Å². The maximum atomic E-state index is 13.1. The summed E-state index contributed by atoms with van der Waals surface area (Å²) in [6, 6.07) is 10.3. The summed E-state index contributed by atoms with van der Waals surface area (Å²) in [6.07, 6.45) is 4.73. The molecule has 3 aromatic rings. The van der Waals surface area contributed by atoms with Gasteiger partial charge in [-0.1, -0.05) is 30.3 Å². The third kappa shape index (κ3) is 2.67. The van der Waals surface area contributed by atoms with Crippen LogP contribution in [0.25, 0.3) is 11.3 Å². The molecule has 0 bridgehead atoms. The van der Waals surface area contributed by atoms with Crippen molar-refractivity contribution in [2.75, 3.05) is 13.1 Å². The molecular formula is C21H23N5O. The van der Waals surface area contributed by atoms with Crippen LogP contribution < -0.4 is 0 Å². The molecular weight excluding hydrogens is 338 g/mol. The highest BCUT2D eigenvalue weighted by Crippen LogP contribution is 2.29. The van der Waals surface area contributed by atoms with Crippen LogP contribution in [0.5, 0.6) is 0 Å². The van der Waals surface area contributed by atoms with Gasteiger partial charge in [-0.3, -0.25) is 14.6 Å². The van der Waals surface area contributed by atoms with Gasteiger partial charge in [0.2, 0.25) is 0 Å². The molecule has 0 radical (unpaired) electrons. The van der Waals surface area contributed by atoms with Crippen molar-refractivity contribution in [2.45, 2.75) is 32.1 Å². The lowest BCUT2D eigenvalue weighted by molar-refractivity contribution is 0.0755. The summed E-state index contributed by atoms with van der Waals surface area (Å²) < 4.78 is 1.98. The summed E-state index contributed by atoms with van der Waals surface area (Å²) in [7, 11) is 2.00. The van der Waals surface area contributed by atoms with Crippen molar-refractivity contribution in [3.05, 3.63) is 58.5 Å². The molecule has 2 aliphatic rings. The molecule has 0 spiro atoms. The van der Waals surface area contributed by atoms with Gasteiger partial charge in [-0.05, 0) is 25.7 Å². The largest absolute Gasteiger partial charge is 0.337 e. The number of benzene rings is 1. The lowest BCUT2D eigenvalue weighted by atomic mass is 10.0. The molecule has 5 rings (SSSR count). The van der Waals surface area contributed by atoms with E-state index < -0.39 is 0 Å². The van der Waals surface area contributed by atoms with Crippen LogP contribution in [0.3, 0.4) is 0 Å². The van der Waals surface area contributed by atoms with Gasteiger partial charge in [0.15, 0.2) is 5.69 Å². The smallest absolute Gasteiger partial charge is 0.274 e. The number of nitrogens with one attached hydrogen (secondary N) is 1. The van der Waals surface area contributed by atoms with Crippen molar-refractivity contribution >= 4 is 5.91 Å². The summed E-state index contributed by atoms with van der Waals surface area (Å²) in [4.78, 5) is 15.1. The van der Waals surface area contributed by atoms with E-state index in [1.807, 2.05) is 34.8 Å².